The minimum Gasteiger partial charge on any atom is -0.341 e. The summed E-state index contributed by atoms with van der Waals surface area (Å²) in [6.45, 7) is 0.846. The second-order valence-corrected chi connectivity index (χ2v) is 4.44. The number of carbonyl (C=O) groups is 1. The van der Waals surface area contributed by atoms with Crippen LogP contribution in [0.2, 0.25) is 10.0 Å². The third-order valence-electron chi connectivity index (χ3n) is 2.13. The van der Waals surface area contributed by atoms with Crippen LogP contribution in [0.1, 0.15) is 12.0 Å². The van der Waals surface area contributed by atoms with Gasteiger partial charge in [-0.05, 0) is 23.8 Å². The molecule has 0 unspecified atom stereocenters. The second-order valence-electron chi connectivity index (χ2n) is 3.57. The first kappa shape index (κ1) is 16.5. The van der Waals surface area contributed by atoms with Gasteiger partial charge in [0.15, 0.2) is 0 Å². The van der Waals surface area contributed by atoms with Crippen LogP contribution in [0, 0.1) is 0 Å². The van der Waals surface area contributed by atoms with Crippen molar-refractivity contribution in [2.24, 2.45) is 5.73 Å². The van der Waals surface area contributed by atoms with Gasteiger partial charge in [-0.2, -0.15) is 0 Å². The Morgan fingerprint density at radius 2 is 1.82 bits per heavy atom. The third-order valence-corrected chi connectivity index (χ3v) is 2.56. The number of halogens is 3. The van der Waals surface area contributed by atoms with Crippen LogP contribution in [-0.4, -0.2) is 24.4 Å². The van der Waals surface area contributed by atoms with E-state index in [1.807, 2.05) is 0 Å². The zero-order valence-electron chi connectivity index (χ0n) is 9.45. The van der Waals surface area contributed by atoms with Gasteiger partial charge in [-0.3, -0.25) is 4.79 Å². The fraction of sp³-hybridized carbons (Fsp3) is 0.364. The van der Waals surface area contributed by atoms with Crippen molar-refractivity contribution in [2.45, 2.75) is 13.0 Å². The number of hydrogen-bond donors (Lipinski definition) is 1. The zero-order valence-corrected chi connectivity index (χ0v) is 11.8. The summed E-state index contributed by atoms with van der Waals surface area (Å²) in [4.78, 5) is 13.1. The van der Waals surface area contributed by atoms with E-state index in [9.17, 15) is 4.79 Å². The largest absolute Gasteiger partial charge is 0.341 e. The van der Waals surface area contributed by atoms with Crippen molar-refractivity contribution >= 4 is 41.5 Å². The van der Waals surface area contributed by atoms with Gasteiger partial charge >= 0.3 is 0 Å². The Labute approximate surface area is 117 Å². The van der Waals surface area contributed by atoms with Gasteiger partial charge in [-0.15, -0.1) is 12.4 Å². The summed E-state index contributed by atoms with van der Waals surface area (Å²) in [5, 5.41) is 1.14. The third kappa shape index (κ3) is 5.59. The molecule has 0 heterocycles. The summed E-state index contributed by atoms with van der Waals surface area (Å²) >= 11 is 11.7. The lowest BCUT2D eigenvalue weighted by molar-refractivity contribution is -0.130. The maximum absolute atomic E-state index is 11.5. The zero-order chi connectivity index (χ0) is 12.1. The Hall–Kier alpha value is -0.480. The number of hydrogen-bond acceptors (Lipinski definition) is 2. The minimum atomic E-state index is 0. The summed E-state index contributed by atoms with van der Waals surface area (Å²) in [5.74, 6) is 0.0126. The summed E-state index contributed by atoms with van der Waals surface area (Å²) in [6.07, 6.45) is 0.352. The maximum Gasteiger partial charge on any atom is 0.223 e. The van der Waals surface area contributed by atoms with E-state index in [0.29, 0.717) is 29.6 Å². The molecule has 0 radical (unpaired) electrons. The van der Waals surface area contributed by atoms with Gasteiger partial charge in [0, 0.05) is 36.6 Å². The van der Waals surface area contributed by atoms with E-state index in [1.165, 1.54) is 0 Å². The first-order valence-electron chi connectivity index (χ1n) is 4.92. The average Bonchev–Trinajstić information content (AvgIpc) is 2.16. The van der Waals surface area contributed by atoms with Crippen LogP contribution >= 0.6 is 35.6 Å². The quantitative estimate of drug-likeness (QED) is 0.929. The van der Waals surface area contributed by atoms with E-state index in [4.69, 9.17) is 28.9 Å². The molecule has 3 nitrogen and oxygen atoms in total. The molecule has 0 spiro atoms. The fourth-order valence-electron chi connectivity index (χ4n) is 1.38. The van der Waals surface area contributed by atoms with Gasteiger partial charge in [0.1, 0.15) is 0 Å². The summed E-state index contributed by atoms with van der Waals surface area (Å²) in [5.41, 5.74) is 6.23. The average molecular weight is 298 g/mol. The minimum absolute atomic E-state index is 0. The highest BCUT2D eigenvalue weighted by molar-refractivity contribution is 6.34. The van der Waals surface area contributed by atoms with Crippen molar-refractivity contribution in [1.82, 2.24) is 4.90 Å². The van der Waals surface area contributed by atoms with Crippen LogP contribution < -0.4 is 5.73 Å². The summed E-state index contributed by atoms with van der Waals surface area (Å²) in [6, 6.07) is 5.24. The molecule has 1 aromatic rings. The van der Waals surface area contributed by atoms with Crippen LogP contribution in [-0.2, 0) is 11.3 Å². The van der Waals surface area contributed by atoms with E-state index >= 15 is 0 Å². The van der Waals surface area contributed by atoms with Crippen molar-refractivity contribution in [1.29, 1.82) is 0 Å². The molecular formula is C11H15Cl3N2O. The van der Waals surface area contributed by atoms with E-state index < -0.39 is 0 Å². The molecule has 0 saturated heterocycles. The lowest BCUT2D eigenvalue weighted by atomic mass is 10.2. The van der Waals surface area contributed by atoms with Crippen molar-refractivity contribution < 1.29 is 4.79 Å². The Kier molecular flexibility index (Phi) is 7.55. The van der Waals surface area contributed by atoms with Gasteiger partial charge in [-0.25, -0.2) is 0 Å². The Bertz CT molecular complexity index is 365. The number of amides is 1. The molecule has 96 valence electrons. The van der Waals surface area contributed by atoms with E-state index in [-0.39, 0.29) is 18.3 Å². The predicted octanol–water partition coefficient (Wildman–Crippen LogP) is 2.72. The topological polar surface area (TPSA) is 46.3 Å². The highest BCUT2D eigenvalue weighted by Crippen LogP contribution is 2.19. The molecular weight excluding hydrogens is 282 g/mol. The molecule has 0 aliphatic carbocycles. The van der Waals surface area contributed by atoms with Crippen molar-refractivity contribution in [2.75, 3.05) is 13.6 Å². The molecule has 6 heteroatoms. The second kappa shape index (κ2) is 7.77. The molecule has 0 aromatic heterocycles. The van der Waals surface area contributed by atoms with Gasteiger partial charge < -0.3 is 10.6 Å². The molecule has 17 heavy (non-hydrogen) atoms. The molecule has 0 saturated carbocycles. The molecule has 1 aromatic carbocycles. The van der Waals surface area contributed by atoms with E-state index in [0.717, 1.165) is 5.56 Å². The maximum atomic E-state index is 11.5. The highest BCUT2D eigenvalue weighted by atomic mass is 35.5. The van der Waals surface area contributed by atoms with Crippen LogP contribution in [0.25, 0.3) is 0 Å². The van der Waals surface area contributed by atoms with Crippen molar-refractivity contribution in [3.05, 3.63) is 33.8 Å². The molecule has 0 aliphatic rings. The summed E-state index contributed by atoms with van der Waals surface area (Å²) in [7, 11) is 1.73. The van der Waals surface area contributed by atoms with Gasteiger partial charge in [0.05, 0.1) is 0 Å². The van der Waals surface area contributed by atoms with Gasteiger partial charge in [0.25, 0.3) is 0 Å². The molecule has 0 atom stereocenters. The lowest BCUT2D eigenvalue weighted by Crippen LogP contribution is -2.27. The SMILES string of the molecule is CN(Cc1cc(Cl)cc(Cl)c1)C(=O)CCN.Cl. The summed E-state index contributed by atoms with van der Waals surface area (Å²) < 4.78 is 0. The lowest BCUT2D eigenvalue weighted by Gasteiger charge is -2.17. The van der Waals surface area contributed by atoms with Crippen LogP contribution in [0.5, 0.6) is 0 Å². The molecule has 1 rings (SSSR count). The Morgan fingerprint density at radius 3 is 2.29 bits per heavy atom. The van der Waals surface area contributed by atoms with Crippen molar-refractivity contribution in [3.8, 4) is 0 Å². The smallest absolute Gasteiger partial charge is 0.223 e. The highest BCUT2D eigenvalue weighted by Gasteiger charge is 2.08. The van der Waals surface area contributed by atoms with Crippen LogP contribution in [0.4, 0.5) is 0 Å². The monoisotopic (exact) mass is 296 g/mol. The number of nitrogens with two attached hydrogens (primary N) is 1. The predicted molar refractivity (Wildman–Crippen MR) is 73.9 cm³/mol. The standard InChI is InChI=1S/C11H14Cl2N2O.ClH/c1-15(11(16)2-3-14)7-8-4-9(12)6-10(13)5-8;/h4-6H,2-3,7,14H2,1H3;1H. The van der Waals surface area contributed by atoms with E-state index in [2.05, 4.69) is 0 Å². The number of carbonyl (C=O) groups excluding carboxylic acids is 1. The number of nitrogens with zero attached hydrogens (tertiary/aromatic N) is 1. The molecule has 0 aliphatic heterocycles. The van der Waals surface area contributed by atoms with Crippen LogP contribution in [0.3, 0.4) is 0 Å². The fourth-order valence-corrected chi connectivity index (χ4v) is 1.95. The molecule has 0 fully saturated rings. The molecule has 1 amide bonds. The molecule has 2 N–H and O–H groups in total. The van der Waals surface area contributed by atoms with E-state index in [1.54, 1.807) is 30.1 Å². The number of benzene rings is 1. The Balaban J connectivity index is 0.00000256. The van der Waals surface area contributed by atoms with Crippen LogP contribution in [0.15, 0.2) is 18.2 Å². The van der Waals surface area contributed by atoms with Crippen molar-refractivity contribution in [3.63, 3.8) is 0 Å². The first-order chi connectivity index (χ1) is 7.52. The van der Waals surface area contributed by atoms with Gasteiger partial charge in [-0.1, -0.05) is 23.2 Å². The van der Waals surface area contributed by atoms with Gasteiger partial charge in [0.2, 0.25) is 5.91 Å². The Morgan fingerprint density at radius 1 is 1.29 bits per heavy atom. The molecule has 0 bridgehead atoms. The first-order valence-corrected chi connectivity index (χ1v) is 5.67. The normalized spacial score (nSPS) is 9.65. The number of rotatable bonds is 4.